The molecule has 2 amide bonds. The van der Waals surface area contributed by atoms with Crippen molar-refractivity contribution in [3.05, 3.63) is 88.6 Å². The van der Waals surface area contributed by atoms with Crippen molar-refractivity contribution in [3.8, 4) is 0 Å². The van der Waals surface area contributed by atoms with E-state index in [9.17, 15) is 9.59 Å². The van der Waals surface area contributed by atoms with Crippen molar-refractivity contribution in [1.82, 2.24) is 16.0 Å². The second-order valence-corrected chi connectivity index (χ2v) is 12.5. The summed E-state index contributed by atoms with van der Waals surface area (Å²) < 4.78 is 0. The highest BCUT2D eigenvalue weighted by atomic mass is 16.2. The second kappa shape index (κ2) is 12.6. The number of nitrogens with one attached hydrogen (secondary N) is 4. The number of amides is 2. The maximum Gasteiger partial charge on any atom is 0.251 e. The Morgan fingerprint density at radius 3 is 2.39 bits per heavy atom. The van der Waals surface area contributed by atoms with Crippen LogP contribution in [0.1, 0.15) is 97.2 Å². The lowest BCUT2D eigenvalue weighted by atomic mass is 9.77. The third kappa shape index (κ3) is 6.92. The van der Waals surface area contributed by atoms with E-state index in [1.165, 1.54) is 68.9 Å². The Balaban J connectivity index is 1.03. The summed E-state index contributed by atoms with van der Waals surface area (Å²) in [4.78, 5) is 25.8. The zero-order valence-corrected chi connectivity index (χ0v) is 24.1. The van der Waals surface area contributed by atoms with Crippen LogP contribution in [0.5, 0.6) is 0 Å². The average Bonchev–Trinajstić information content (AvgIpc) is 3.81. The molecule has 4 N–H and O–H groups in total. The Kier molecular flexibility index (Phi) is 8.56. The molecule has 1 spiro atoms. The van der Waals surface area contributed by atoms with Gasteiger partial charge in [0, 0.05) is 48.5 Å². The highest BCUT2D eigenvalue weighted by molar-refractivity contribution is 5.96. The van der Waals surface area contributed by atoms with Gasteiger partial charge in [-0.15, -0.1) is 0 Å². The van der Waals surface area contributed by atoms with Crippen molar-refractivity contribution >= 4 is 17.5 Å². The van der Waals surface area contributed by atoms with E-state index < -0.39 is 0 Å². The summed E-state index contributed by atoms with van der Waals surface area (Å²) in [6, 6.07) is 14.2. The van der Waals surface area contributed by atoms with E-state index in [1.54, 1.807) is 0 Å². The summed E-state index contributed by atoms with van der Waals surface area (Å²) >= 11 is 0. The molecule has 2 aliphatic carbocycles. The summed E-state index contributed by atoms with van der Waals surface area (Å²) in [5, 5.41) is 13.3. The van der Waals surface area contributed by atoms with E-state index in [2.05, 4.69) is 39.5 Å². The molecule has 0 radical (unpaired) electrons. The van der Waals surface area contributed by atoms with Gasteiger partial charge in [-0.05, 0) is 78.1 Å². The lowest BCUT2D eigenvalue weighted by Gasteiger charge is -2.40. The maximum atomic E-state index is 13.2. The number of anilines is 1. The monoisotopic (exact) mass is 552 g/mol. The molecule has 4 aliphatic rings. The summed E-state index contributed by atoms with van der Waals surface area (Å²) in [5.41, 5.74) is 6.70. The molecule has 0 aromatic heterocycles. The van der Waals surface area contributed by atoms with Gasteiger partial charge in [0.1, 0.15) is 0 Å². The molecule has 6 nitrogen and oxygen atoms in total. The molecule has 2 atom stereocenters. The van der Waals surface area contributed by atoms with Crippen LogP contribution in [0.4, 0.5) is 5.69 Å². The predicted octanol–water partition coefficient (Wildman–Crippen LogP) is 6.11. The fourth-order valence-electron chi connectivity index (χ4n) is 6.92. The lowest BCUT2D eigenvalue weighted by Crippen LogP contribution is -2.50. The highest BCUT2D eigenvalue weighted by Gasteiger charge is 2.44. The number of carbonyl (C=O) groups is 2. The van der Waals surface area contributed by atoms with Crippen LogP contribution in [-0.2, 0) is 17.8 Å². The van der Waals surface area contributed by atoms with Crippen LogP contribution in [0.3, 0.4) is 0 Å². The maximum absolute atomic E-state index is 13.2. The summed E-state index contributed by atoms with van der Waals surface area (Å²) in [5.74, 6) is 0.205. The van der Waals surface area contributed by atoms with E-state index in [-0.39, 0.29) is 29.2 Å². The van der Waals surface area contributed by atoms with Gasteiger partial charge in [0.15, 0.2) is 0 Å². The van der Waals surface area contributed by atoms with Gasteiger partial charge in [-0.2, -0.15) is 0 Å². The average molecular weight is 553 g/mol. The Hall–Kier alpha value is -3.38. The van der Waals surface area contributed by atoms with Gasteiger partial charge < -0.3 is 21.3 Å². The zero-order valence-electron chi connectivity index (χ0n) is 24.1. The van der Waals surface area contributed by atoms with Crippen molar-refractivity contribution in [2.75, 3.05) is 18.4 Å². The van der Waals surface area contributed by atoms with Crippen LogP contribution in [-0.4, -0.2) is 30.4 Å². The van der Waals surface area contributed by atoms with E-state index in [0.29, 0.717) is 12.1 Å². The molecule has 41 heavy (non-hydrogen) atoms. The van der Waals surface area contributed by atoms with Crippen LogP contribution in [0, 0.1) is 5.92 Å². The summed E-state index contributed by atoms with van der Waals surface area (Å²) in [7, 11) is 0. The molecular weight excluding hydrogens is 508 g/mol. The minimum absolute atomic E-state index is 0.0189. The lowest BCUT2D eigenvalue weighted by molar-refractivity contribution is -0.117. The molecular formula is C35H44N4O2. The van der Waals surface area contributed by atoms with E-state index >= 15 is 0 Å². The molecule has 2 aliphatic heterocycles. The Labute approximate surface area is 244 Å². The van der Waals surface area contributed by atoms with E-state index in [4.69, 9.17) is 0 Å². The standard InChI is InChI=1S/C35H44N4O2/c40-33(37-23-25-9-8-18-36-22-25)27-12-10-26(11-13-27)31-20-32(31)34(41)39-30-15-14-28-24-38-35(21-29(28)19-30)16-6-4-2-1-3-5-7-17-35/h8-15,19,22,31-32,36,38H,1-7,16-18,20-21,23-24H2,(H,37,40)(H,39,41)/t31-,32+/m0/s1. The largest absolute Gasteiger partial charge is 0.387 e. The highest BCUT2D eigenvalue weighted by Crippen LogP contribution is 2.48. The number of benzene rings is 2. The first kappa shape index (κ1) is 27.8. The molecule has 0 bridgehead atoms. The fourth-order valence-corrected chi connectivity index (χ4v) is 6.92. The number of hydrogen-bond donors (Lipinski definition) is 4. The minimum Gasteiger partial charge on any atom is -0.387 e. The van der Waals surface area contributed by atoms with Gasteiger partial charge in [0.25, 0.3) is 5.91 Å². The number of carbonyl (C=O) groups excluding carboxylic acids is 2. The SMILES string of the molecule is O=C(NCC1=CNCC=C1)c1ccc([C@@H]2C[C@H]2C(=O)Nc2ccc3c(c2)CC2(CCCCCCCCC2)NC3)cc1. The van der Waals surface area contributed by atoms with Gasteiger partial charge >= 0.3 is 0 Å². The van der Waals surface area contributed by atoms with Gasteiger partial charge in [-0.3, -0.25) is 9.59 Å². The van der Waals surface area contributed by atoms with E-state index in [1.807, 2.05) is 42.6 Å². The van der Waals surface area contributed by atoms with Gasteiger partial charge in [0.05, 0.1) is 0 Å². The molecule has 2 saturated carbocycles. The van der Waals surface area contributed by atoms with Crippen molar-refractivity contribution < 1.29 is 9.59 Å². The number of dihydropyridines is 1. The zero-order chi connectivity index (χ0) is 28.1. The summed E-state index contributed by atoms with van der Waals surface area (Å²) in [6.45, 7) is 2.24. The van der Waals surface area contributed by atoms with Gasteiger partial charge in [0.2, 0.25) is 5.91 Å². The quantitative estimate of drug-likeness (QED) is 0.349. The first-order valence-electron chi connectivity index (χ1n) is 15.7. The number of rotatable bonds is 6. The minimum atomic E-state index is -0.0867. The van der Waals surface area contributed by atoms with Gasteiger partial charge in [-0.25, -0.2) is 0 Å². The molecule has 2 fully saturated rings. The fraction of sp³-hybridized carbons (Fsp3) is 0.486. The second-order valence-electron chi connectivity index (χ2n) is 12.5. The van der Waals surface area contributed by atoms with Crippen molar-refractivity contribution in [2.45, 2.75) is 88.6 Å². The first-order chi connectivity index (χ1) is 20.1. The van der Waals surface area contributed by atoms with Gasteiger partial charge in [-0.1, -0.05) is 75.3 Å². The molecule has 6 rings (SSSR count). The molecule has 0 unspecified atom stereocenters. The van der Waals surface area contributed by atoms with E-state index in [0.717, 1.165) is 42.8 Å². The molecule has 6 heteroatoms. The van der Waals surface area contributed by atoms with Crippen LogP contribution in [0.2, 0.25) is 0 Å². The first-order valence-corrected chi connectivity index (χ1v) is 15.7. The van der Waals surface area contributed by atoms with Crippen molar-refractivity contribution in [3.63, 3.8) is 0 Å². The third-order valence-electron chi connectivity index (χ3n) is 9.50. The van der Waals surface area contributed by atoms with Crippen LogP contribution >= 0.6 is 0 Å². The topological polar surface area (TPSA) is 82.3 Å². The Morgan fingerprint density at radius 1 is 0.902 bits per heavy atom. The summed E-state index contributed by atoms with van der Waals surface area (Å²) in [6.07, 6.45) is 19.9. The third-order valence-corrected chi connectivity index (χ3v) is 9.50. The smallest absolute Gasteiger partial charge is 0.251 e. The normalized spacial score (nSPS) is 23.5. The molecule has 0 saturated heterocycles. The Bertz CT molecular complexity index is 1300. The van der Waals surface area contributed by atoms with Crippen molar-refractivity contribution in [2.24, 2.45) is 5.92 Å². The molecule has 2 heterocycles. The molecule has 2 aromatic carbocycles. The molecule has 216 valence electrons. The Morgan fingerprint density at radius 2 is 1.66 bits per heavy atom. The van der Waals surface area contributed by atoms with Crippen molar-refractivity contribution in [1.29, 1.82) is 0 Å². The van der Waals surface area contributed by atoms with Crippen LogP contribution in [0.25, 0.3) is 0 Å². The van der Waals surface area contributed by atoms with Crippen LogP contribution < -0.4 is 21.3 Å². The van der Waals surface area contributed by atoms with Crippen LogP contribution in [0.15, 0.2) is 66.4 Å². The number of hydrogen-bond acceptors (Lipinski definition) is 4. The predicted molar refractivity (Wildman–Crippen MR) is 165 cm³/mol. The number of fused-ring (bicyclic) bond motifs is 1. The molecule has 2 aromatic rings.